The van der Waals surface area contributed by atoms with Crippen LogP contribution in [0, 0.1) is 0 Å². The normalized spacial score (nSPS) is 16.4. The zero-order valence-corrected chi connectivity index (χ0v) is 19.1. The minimum absolute atomic E-state index is 0.483. The van der Waals surface area contributed by atoms with E-state index in [2.05, 4.69) is 71.3 Å². The van der Waals surface area contributed by atoms with E-state index in [0.29, 0.717) is 25.2 Å². The second kappa shape index (κ2) is 12.7. The third kappa shape index (κ3) is 7.86. The van der Waals surface area contributed by atoms with Gasteiger partial charge in [-0.3, -0.25) is 4.99 Å². The molecule has 1 aromatic carbocycles. The van der Waals surface area contributed by atoms with E-state index >= 15 is 0 Å². The predicted molar refractivity (Wildman–Crippen MR) is 123 cm³/mol. The van der Waals surface area contributed by atoms with E-state index in [0.717, 1.165) is 62.8 Å². The van der Waals surface area contributed by atoms with E-state index in [1.165, 1.54) is 0 Å². The topological polar surface area (TPSA) is 52.1 Å². The summed E-state index contributed by atoms with van der Waals surface area (Å²) in [5.74, 6) is 1.82. The molecule has 0 unspecified atom stereocenters. The van der Waals surface area contributed by atoms with Crippen LogP contribution >= 0.6 is 0 Å². The van der Waals surface area contributed by atoms with Crippen molar-refractivity contribution in [1.82, 2.24) is 20.4 Å². The lowest BCUT2D eigenvalue weighted by atomic mass is 10.0. The van der Waals surface area contributed by atoms with E-state index in [4.69, 9.17) is 4.74 Å². The quantitative estimate of drug-likeness (QED) is 0.465. The summed E-state index contributed by atoms with van der Waals surface area (Å²) in [5.41, 5.74) is 1.16. The lowest BCUT2D eigenvalue weighted by Gasteiger charge is -2.35. The Morgan fingerprint density at radius 2 is 1.90 bits per heavy atom. The first-order chi connectivity index (χ1) is 14.1. The SMILES string of the molecule is CCN(CC)CCOc1ccccc1CNC(=NC)NC1CCN(C(C)C)CC1. The number of hydrogen-bond acceptors (Lipinski definition) is 4. The van der Waals surface area contributed by atoms with Gasteiger partial charge < -0.3 is 25.2 Å². The van der Waals surface area contributed by atoms with E-state index < -0.39 is 0 Å². The molecular weight excluding hydrogens is 362 g/mol. The van der Waals surface area contributed by atoms with Crippen LogP contribution in [-0.4, -0.2) is 74.2 Å². The van der Waals surface area contributed by atoms with Crippen LogP contribution in [0.2, 0.25) is 0 Å². The number of rotatable bonds is 10. The van der Waals surface area contributed by atoms with Crippen molar-refractivity contribution in [2.45, 2.75) is 59.2 Å². The van der Waals surface area contributed by atoms with E-state index in [-0.39, 0.29) is 0 Å². The second-order valence-corrected chi connectivity index (χ2v) is 7.96. The van der Waals surface area contributed by atoms with Crippen molar-refractivity contribution in [3.63, 3.8) is 0 Å². The third-order valence-corrected chi connectivity index (χ3v) is 5.80. The fourth-order valence-electron chi connectivity index (χ4n) is 3.74. The van der Waals surface area contributed by atoms with Crippen molar-refractivity contribution in [3.05, 3.63) is 29.8 Å². The molecule has 0 radical (unpaired) electrons. The van der Waals surface area contributed by atoms with Crippen LogP contribution in [-0.2, 0) is 6.54 Å². The average Bonchev–Trinajstić information content (AvgIpc) is 2.75. The Bertz CT molecular complexity index is 607. The molecule has 6 nitrogen and oxygen atoms in total. The number of likely N-dealkylation sites (N-methyl/N-ethyl adjacent to an activating group) is 1. The number of guanidine groups is 1. The molecule has 1 aliphatic rings. The van der Waals surface area contributed by atoms with Gasteiger partial charge in [0, 0.05) is 50.9 Å². The van der Waals surface area contributed by atoms with Gasteiger partial charge in [0.1, 0.15) is 12.4 Å². The maximum absolute atomic E-state index is 6.07. The number of para-hydroxylation sites is 1. The molecule has 1 aromatic rings. The highest BCUT2D eigenvalue weighted by Gasteiger charge is 2.21. The first-order valence-electron chi connectivity index (χ1n) is 11.2. The first kappa shape index (κ1) is 23.5. The molecule has 6 heteroatoms. The zero-order chi connectivity index (χ0) is 21.1. The molecule has 1 saturated heterocycles. The Hall–Kier alpha value is -1.79. The van der Waals surface area contributed by atoms with Crippen LogP contribution in [0.15, 0.2) is 29.3 Å². The Morgan fingerprint density at radius 1 is 1.21 bits per heavy atom. The Morgan fingerprint density at radius 3 is 2.52 bits per heavy atom. The van der Waals surface area contributed by atoms with Gasteiger partial charge in [-0.25, -0.2) is 0 Å². The fourth-order valence-corrected chi connectivity index (χ4v) is 3.74. The summed E-state index contributed by atoms with van der Waals surface area (Å²) in [6, 6.07) is 9.38. The van der Waals surface area contributed by atoms with Crippen LogP contribution in [0.4, 0.5) is 0 Å². The highest BCUT2D eigenvalue weighted by Crippen LogP contribution is 2.18. The number of nitrogens with zero attached hydrogens (tertiary/aromatic N) is 3. The number of hydrogen-bond donors (Lipinski definition) is 2. The molecule has 1 aliphatic heterocycles. The number of likely N-dealkylation sites (tertiary alicyclic amines) is 1. The number of ether oxygens (including phenoxy) is 1. The van der Waals surface area contributed by atoms with Gasteiger partial charge >= 0.3 is 0 Å². The van der Waals surface area contributed by atoms with Crippen LogP contribution < -0.4 is 15.4 Å². The largest absolute Gasteiger partial charge is 0.492 e. The number of piperidine rings is 1. The minimum Gasteiger partial charge on any atom is -0.492 e. The number of aliphatic imine (C=N–C) groups is 1. The summed E-state index contributed by atoms with van der Waals surface area (Å²) < 4.78 is 6.07. The maximum atomic E-state index is 6.07. The molecule has 2 N–H and O–H groups in total. The lowest BCUT2D eigenvalue weighted by Crippen LogP contribution is -2.49. The predicted octanol–water partition coefficient (Wildman–Crippen LogP) is 2.95. The Kier molecular flexibility index (Phi) is 10.3. The van der Waals surface area contributed by atoms with Gasteiger partial charge in [-0.1, -0.05) is 32.0 Å². The van der Waals surface area contributed by atoms with Gasteiger partial charge in [0.25, 0.3) is 0 Å². The van der Waals surface area contributed by atoms with Crippen molar-refractivity contribution in [1.29, 1.82) is 0 Å². The molecule has 29 heavy (non-hydrogen) atoms. The monoisotopic (exact) mass is 403 g/mol. The van der Waals surface area contributed by atoms with Gasteiger partial charge in [-0.15, -0.1) is 0 Å². The molecule has 2 rings (SSSR count). The highest BCUT2D eigenvalue weighted by molar-refractivity contribution is 5.80. The van der Waals surface area contributed by atoms with Gasteiger partial charge in [-0.2, -0.15) is 0 Å². The smallest absolute Gasteiger partial charge is 0.191 e. The molecule has 0 atom stereocenters. The average molecular weight is 404 g/mol. The number of benzene rings is 1. The minimum atomic E-state index is 0.483. The molecule has 1 heterocycles. The number of nitrogens with one attached hydrogen (secondary N) is 2. The van der Waals surface area contributed by atoms with Gasteiger partial charge in [0.15, 0.2) is 5.96 Å². The van der Waals surface area contributed by atoms with Crippen molar-refractivity contribution in [3.8, 4) is 5.75 Å². The zero-order valence-electron chi connectivity index (χ0n) is 19.1. The van der Waals surface area contributed by atoms with Crippen molar-refractivity contribution < 1.29 is 4.74 Å². The summed E-state index contributed by atoms with van der Waals surface area (Å²) in [6.45, 7) is 15.7. The summed E-state index contributed by atoms with van der Waals surface area (Å²) in [4.78, 5) is 9.34. The van der Waals surface area contributed by atoms with Gasteiger partial charge in [0.2, 0.25) is 0 Å². The van der Waals surface area contributed by atoms with Crippen molar-refractivity contribution in [2.75, 3.05) is 46.4 Å². The van der Waals surface area contributed by atoms with Gasteiger partial charge in [-0.05, 0) is 45.8 Å². The Balaban J connectivity index is 1.82. The molecule has 1 fully saturated rings. The molecule has 0 spiro atoms. The second-order valence-electron chi connectivity index (χ2n) is 7.96. The highest BCUT2D eigenvalue weighted by atomic mass is 16.5. The van der Waals surface area contributed by atoms with Gasteiger partial charge in [0.05, 0.1) is 0 Å². The first-order valence-corrected chi connectivity index (χ1v) is 11.2. The van der Waals surface area contributed by atoms with Crippen LogP contribution in [0.3, 0.4) is 0 Å². The van der Waals surface area contributed by atoms with Crippen LogP contribution in [0.5, 0.6) is 5.75 Å². The molecular formula is C23H41N5O. The van der Waals surface area contributed by atoms with Crippen molar-refractivity contribution >= 4 is 5.96 Å². The summed E-state index contributed by atoms with van der Waals surface area (Å²) in [7, 11) is 1.84. The summed E-state index contributed by atoms with van der Waals surface area (Å²) in [6.07, 6.45) is 2.31. The van der Waals surface area contributed by atoms with E-state index in [1.807, 2.05) is 13.1 Å². The molecule has 0 saturated carbocycles. The fraction of sp³-hybridized carbons (Fsp3) is 0.696. The molecule has 0 aromatic heterocycles. The molecule has 0 bridgehead atoms. The van der Waals surface area contributed by atoms with Crippen LogP contribution in [0.25, 0.3) is 0 Å². The van der Waals surface area contributed by atoms with Crippen LogP contribution in [0.1, 0.15) is 46.1 Å². The Labute approximate surface area is 177 Å². The lowest BCUT2D eigenvalue weighted by molar-refractivity contribution is 0.167. The molecule has 0 aliphatic carbocycles. The summed E-state index contributed by atoms with van der Waals surface area (Å²) >= 11 is 0. The molecule has 164 valence electrons. The maximum Gasteiger partial charge on any atom is 0.191 e. The molecule has 0 amide bonds. The standard InChI is InChI=1S/C23H41N5O/c1-6-27(7-2)16-17-29-22-11-9-8-10-20(22)18-25-23(24-5)26-21-12-14-28(15-13-21)19(3)4/h8-11,19,21H,6-7,12-18H2,1-5H3,(H2,24,25,26). The van der Waals surface area contributed by atoms with Crippen molar-refractivity contribution in [2.24, 2.45) is 4.99 Å². The summed E-state index contributed by atoms with van der Waals surface area (Å²) in [5, 5.41) is 7.06. The van der Waals surface area contributed by atoms with E-state index in [9.17, 15) is 0 Å². The third-order valence-electron chi connectivity index (χ3n) is 5.80. The van der Waals surface area contributed by atoms with E-state index in [1.54, 1.807) is 0 Å².